The van der Waals surface area contributed by atoms with Gasteiger partial charge < -0.3 is 66.0 Å². The Morgan fingerprint density at radius 3 is 2.21 bits per heavy atom. The van der Waals surface area contributed by atoms with E-state index < -0.39 is 114 Å². The number of likely N-dealkylation sites (tertiary alicyclic amines) is 1. The highest BCUT2D eigenvalue weighted by atomic mass is 19.4. The van der Waals surface area contributed by atoms with E-state index >= 15 is 4.39 Å². The van der Waals surface area contributed by atoms with Crippen LogP contribution in [0.3, 0.4) is 0 Å². The number of nitrogens with one attached hydrogen (secondary N) is 3. The molecule has 3 aliphatic heterocycles. The van der Waals surface area contributed by atoms with Gasteiger partial charge in [-0.2, -0.15) is 13.2 Å². The van der Waals surface area contributed by atoms with E-state index in [1.54, 1.807) is 45.7 Å². The molecule has 5 atom stereocenters. The summed E-state index contributed by atoms with van der Waals surface area (Å²) in [5.74, 6) is -8.62. The van der Waals surface area contributed by atoms with Crippen LogP contribution in [-0.2, 0) is 79.6 Å². The van der Waals surface area contributed by atoms with E-state index in [4.69, 9.17) is 40.6 Å². The van der Waals surface area contributed by atoms with Gasteiger partial charge in [-0.25, -0.2) is 28.6 Å². The molecule has 5 heterocycles. The number of nitrogens with two attached hydrogens (primary N) is 2. The van der Waals surface area contributed by atoms with Gasteiger partial charge >= 0.3 is 30.2 Å². The molecule has 5 amide bonds. The van der Waals surface area contributed by atoms with Crippen LogP contribution in [0, 0.1) is 18.7 Å². The first-order valence-electron chi connectivity index (χ1n) is 28.6. The highest BCUT2D eigenvalue weighted by Gasteiger charge is 2.52. The van der Waals surface area contributed by atoms with Crippen molar-refractivity contribution in [2.75, 3.05) is 73.5 Å². The first-order chi connectivity index (χ1) is 41.1. The minimum absolute atomic E-state index is 0.0113. The van der Waals surface area contributed by atoms with Gasteiger partial charge in [0.25, 0.3) is 5.56 Å². The van der Waals surface area contributed by atoms with E-state index in [9.17, 15) is 51.5 Å². The number of ether oxygens (including phenoxy) is 3. The molecular formula is C59H75F4N11O13. The van der Waals surface area contributed by atoms with Crippen LogP contribution in [0.15, 0.2) is 47.3 Å². The van der Waals surface area contributed by atoms with E-state index in [-0.39, 0.29) is 55.9 Å². The number of pyridine rings is 2. The summed E-state index contributed by atoms with van der Waals surface area (Å²) in [7, 11) is 5.73. The maximum atomic E-state index is 15.7. The summed E-state index contributed by atoms with van der Waals surface area (Å²) in [6.07, 6.45) is -5.06. The second kappa shape index (κ2) is 28.2. The Balaban J connectivity index is 0.00000145. The fourth-order valence-corrected chi connectivity index (χ4v) is 11.3. The Labute approximate surface area is 499 Å². The zero-order valence-corrected chi connectivity index (χ0v) is 49.6. The first-order valence-corrected chi connectivity index (χ1v) is 28.6. The third-order valence-electron chi connectivity index (χ3n) is 16.1. The lowest BCUT2D eigenvalue weighted by Gasteiger charge is -2.37. The van der Waals surface area contributed by atoms with Gasteiger partial charge in [-0.1, -0.05) is 51.1 Å². The number of hydrogen-bond acceptors (Lipinski definition) is 17. The number of carboxylic acids is 1. The molecule has 8 N–H and O–H groups in total. The van der Waals surface area contributed by atoms with Gasteiger partial charge in [0.1, 0.15) is 37.2 Å². The number of alkyl carbamates (subject to hydrolysis) is 1. The van der Waals surface area contributed by atoms with Gasteiger partial charge in [-0.3, -0.25) is 28.9 Å². The zero-order chi connectivity index (χ0) is 63.8. The number of aryl methyl sites for hydroxylation is 1. The number of primary amides is 1. The van der Waals surface area contributed by atoms with Crippen molar-refractivity contribution in [2.24, 2.45) is 17.4 Å². The molecule has 0 spiro atoms. The number of carbonyl (C=O) groups excluding carboxylic acids is 7. The van der Waals surface area contributed by atoms with Crippen molar-refractivity contribution in [3.8, 4) is 11.4 Å². The third-order valence-corrected chi connectivity index (χ3v) is 16.1. The fourth-order valence-electron chi connectivity index (χ4n) is 11.3. The maximum Gasteiger partial charge on any atom is 0.490 e. The molecule has 1 aliphatic carbocycles. The number of aliphatic carboxylic acids is 1. The number of benzene rings is 2. The molecule has 4 aliphatic rings. The van der Waals surface area contributed by atoms with Crippen molar-refractivity contribution in [1.82, 2.24) is 45.1 Å². The number of hydrogen-bond donors (Lipinski definition) is 6. The average Bonchev–Trinajstić information content (AvgIpc) is 1.65. The van der Waals surface area contributed by atoms with E-state index in [1.165, 1.54) is 15.5 Å². The summed E-state index contributed by atoms with van der Waals surface area (Å²) in [5, 5.41) is 16.2. The molecule has 1 saturated heterocycles. The number of rotatable bonds is 23. The molecule has 472 valence electrons. The van der Waals surface area contributed by atoms with Crippen LogP contribution >= 0.6 is 0 Å². The van der Waals surface area contributed by atoms with E-state index in [0.717, 1.165) is 30.8 Å². The number of carbonyl (C=O) groups is 8. The van der Waals surface area contributed by atoms with Crippen LogP contribution in [0.2, 0.25) is 0 Å². The smallest absolute Gasteiger partial charge is 0.475 e. The fraction of sp³-hybridized carbons (Fsp3) is 0.525. The van der Waals surface area contributed by atoms with Gasteiger partial charge in [0.05, 0.1) is 48.0 Å². The molecule has 0 saturated carbocycles. The largest absolute Gasteiger partial charge is 0.490 e. The molecule has 87 heavy (non-hydrogen) atoms. The molecule has 2 aromatic carbocycles. The van der Waals surface area contributed by atoms with E-state index in [1.807, 2.05) is 44.4 Å². The van der Waals surface area contributed by atoms with Crippen LogP contribution in [0.1, 0.15) is 97.9 Å². The number of halogens is 4. The number of aromatic nitrogens is 2. The Kier molecular flexibility index (Phi) is 21.5. The maximum absolute atomic E-state index is 15.7. The van der Waals surface area contributed by atoms with Crippen molar-refractivity contribution in [2.45, 2.75) is 122 Å². The van der Waals surface area contributed by atoms with Gasteiger partial charge in [0.15, 0.2) is 0 Å². The first kappa shape index (κ1) is 66.4. The lowest BCUT2D eigenvalue weighted by molar-refractivity contribution is -0.192. The van der Waals surface area contributed by atoms with Crippen LogP contribution in [-0.4, -0.2) is 180 Å². The molecule has 2 aromatic heterocycles. The third kappa shape index (κ3) is 15.2. The molecule has 0 radical (unpaired) electrons. The highest BCUT2D eigenvalue weighted by molar-refractivity contribution is 5.97. The Morgan fingerprint density at radius 1 is 0.931 bits per heavy atom. The number of likely N-dealkylation sites (N-methyl/N-ethyl adjacent to an activating group) is 3. The molecular weight excluding hydrogens is 1150 g/mol. The molecule has 0 unspecified atom stereocenters. The summed E-state index contributed by atoms with van der Waals surface area (Å²) in [5.41, 5.74) is 12.7. The summed E-state index contributed by atoms with van der Waals surface area (Å²) in [6, 6.07) is 7.62. The summed E-state index contributed by atoms with van der Waals surface area (Å²) in [6.45, 7) is 10.4. The molecule has 28 heteroatoms. The van der Waals surface area contributed by atoms with Crippen molar-refractivity contribution in [3.05, 3.63) is 97.6 Å². The van der Waals surface area contributed by atoms with E-state index in [0.29, 0.717) is 72.2 Å². The number of nitrogens with zero attached hydrogens (tertiary/aromatic N) is 6. The number of fused-ring (bicyclic) bond motifs is 5. The normalized spacial score (nSPS) is 18.3. The van der Waals surface area contributed by atoms with Gasteiger partial charge in [0.2, 0.25) is 29.2 Å². The minimum atomic E-state index is -5.08. The quantitative estimate of drug-likeness (QED) is 0.0311. The highest BCUT2D eigenvalue weighted by Crippen LogP contribution is 2.47. The number of carboxylic acid groups (broad SMARTS) is 1. The Bertz CT molecular complexity index is 3350. The Hall–Kier alpha value is -8.08. The zero-order valence-electron chi connectivity index (χ0n) is 49.6. The summed E-state index contributed by atoms with van der Waals surface area (Å²) in [4.78, 5) is 132. The lowest BCUT2D eigenvalue weighted by atomic mass is 9.81. The van der Waals surface area contributed by atoms with Crippen molar-refractivity contribution in [3.63, 3.8) is 0 Å². The van der Waals surface area contributed by atoms with Crippen LogP contribution < -0.4 is 33.0 Å². The second-order valence-electron chi connectivity index (χ2n) is 22.6. The average molecular weight is 1220 g/mol. The van der Waals surface area contributed by atoms with Gasteiger partial charge in [-0.15, -0.1) is 0 Å². The number of amides is 5. The van der Waals surface area contributed by atoms with Crippen LogP contribution in [0.25, 0.3) is 22.3 Å². The monoisotopic (exact) mass is 1220 g/mol. The van der Waals surface area contributed by atoms with Crippen molar-refractivity contribution < 1.29 is 75.2 Å². The predicted molar refractivity (Wildman–Crippen MR) is 306 cm³/mol. The van der Waals surface area contributed by atoms with Crippen molar-refractivity contribution in [1.29, 1.82) is 0 Å². The molecule has 8 rings (SSSR count). The molecule has 24 nitrogen and oxygen atoms in total. The summed E-state index contributed by atoms with van der Waals surface area (Å²) >= 11 is 0. The number of esters is 2. The van der Waals surface area contributed by atoms with Gasteiger partial charge in [0, 0.05) is 68.4 Å². The molecule has 1 fully saturated rings. The molecule has 4 aromatic rings. The van der Waals surface area contributed by atoms with Crippen LogP contribution in [0.5, 0.6) is 0 Å². The number of cyclic esters (lactones) is 1. The standard InChI is InChI=1S/C57H74FN11O11.C2HF3O2/c1-8-57(80-54(75)49(32(2)3)64-51(72)43-15-12-19-68(43)53(74)42(27-45(60)70)61-46(71)29-67(7)24-23-66(6)22-21-65(5)20-18-59)38-25-44-50-36(28-69(44)52(73)37(38)31-78-55(57)76)48-40(63-56(77)79-30-34-13-10-9-11-14-34)17-16-35-33(4)39(58)26-41(62-50)47(35)48;3-2(4,5)1(6)7/h9-11,13-14,25-26,32,40,42-43,49H,8,12,15-24,27-31,59H2,1-7H3,(H2,60,70)(H,61,71)(H,63,77)(H,64,72);(H,6,7)/t40-,42-,43-,49-,57-;/m0./s1. The number of alkyl halides is 3. The topological polar surface area (TPSA) is 320 Å². The van der Waals surface area contributed by atoms with Gasteiger partial charge in [-0.05, 0) is 94.4 Å². The van der Waals surface area contributed by atoms with Crippen LogP contribution in [0.4, 0.5) is 22.4 Å². The van der Waals surface area contributed by atoms with Crippen molar-refractivity contribution >= 4 is 58.5 Å². The van der Waals surface area contributed by atoms with E-state index in [2.05, 4.69) is 25.8 Å². The Morgan fingerprint density at radius 2 is 1.59 bits per heavy atom. The summed E-state index contributed by atoms with van der Waals surface area (Å²) < 4.78 is 66.4. The lowest BCUT2D eigenvalue weighted by Crippen LogP contribution is -2.58. The second-order valence-corrected chi connectivity index (χ2v) is 22.6. The predicted octanol–water partition coefficient (Wildman–Crippen LogP) is 2.87. The molecule has 0 bridgehead atoms. The minimum Gasteiger partial charge on any atom is -0.475 e. The SMILES string of the molecule is CC[C@@]1(OC(=O)[C@@H](NC(=O)[C@@H]2CCCN2C(=O)[C@H](CC(N)=O)NC(=O)CN(C)CCN(C)CCN(C)CCN)C(C)C)C(=O)OCc2c1cc1n(c2=O)Cc2c-1nc1cc(F)c(C)c3c1c2[C@@H](NC(=O)OCc1ccccc1)CC3.O=C(O)C(F)(F)F.